The molecule has 3 rings (SSSR count). The number of methoxy groups -OCH3 is 1. The Labute approximate surface area is 168 Å². The normalized spacial score (nSPS) is 22.0. The summed E-state index contributed by atoms with van der Waals surface area (Å²) in [4.78, 5) is 14.9. The Morgan fingerprint density at radius 2 is 1.86 bits per heavy atom. The van der Waals surface area contributed by atoms with Gasteiger partial charge in [-0.1, -0.05) is 12.8 Å². The number of anilines is 1. The van der Waals surface area contributed by atoms with E-state index in [1.54, 1.807) is 12.1 Å². The maximum atomic E-state index is 12.9. The standard InChI is InChI=1S/C20H31N3O4S/c1-16-8-4-7-11-22(16)15-20(24)21-18-14-17(9-10-19(18)27-2)28(25,26)23-12-5-3-6-13-23/h9-10,14,16H,3-8,11-13,15H2,1-2H3,(H,21,24). The van der Waals surface area contributed by atoms with Gasteiger partial charge in [0.15, 0.2) is 0 Å². The molecule has 0 saturated carbocycles. The first-order chi connectivity index (χ1) is 13.4. The van der Waals surface area contributed by atoms with Gasteiger partial charge in [0.05, 0.1) is 24.2 Å². The molecular formula is C20H31N3O4S. The number of sulfonamides is 1. The fourth-order valence-corrected chi connectivity index (χ4v) is 5.51. The minimum absolute atomic E-state index is 0.153. The largest absolute Gasteiger partial charge is 0.495 e. The average Bonchev–Trinajstić information content (AvgIpc) is 2.70. The molecule has 2 fully saturated rings. The molecule has 28 heavy (non-hydrogen) atoms. The van der Waals surface area contributed by atoms with Crippen molar-refractivity contribution in [2.75, 3.05) is 38.6 Å². The van der Waals surface area contributed by atoms with Crippen molar-refractivity contribution in [1.82, 2.24) is 9.21 Å². The van der Waals surface area contributed by atoms with E-state index in [1.807, 2.05) is 0 Å². The number of amides is 1. The molecule has 0 aliphatic carbocycles. The number of likely N-dealkylation sites (tertiary alicyclic amines) is 1. The molecule has 1 aromatic carbocycles. The Kier molecular flexibility index (Phi) is 6.95. The molecule has 2 aliphatic heterocycles. The first-order valence-electron chi connectivity index (χ1n) is 10.1. The minimum atomic E-state index is -3.57. The average molecular weight is 410 g/mol. The lowest BCUT2D eigenvalue weighted by atomic mass is 10.0. The van der Waals surface area contributed by atoms with Gasteiger partial charge in [-0.05, 0) is 57.4 Å². The van der Waals surface area contributed by atoms with E-state index in [0.29, 0.717) is 37.1 Å². The van der Waals surface area contributed by atoms with Crippen LogP contribution in [-0.2, 0) is 14.8 Å². The lowest BCUT2D eigenvalue weighted by Gasteiger charge is -2.32. The van der Waals surface area contributed by atoms with Crippen molar-refractivity contribution in [1.29, 1.82) is 0 Å². The molecule has 8 heteroatoms. The van der Waals surface area contributed by atoms with E-state index in [2.05, 4.69) is 17.1 Å². The molecule has 1 atom stereocenters. The number of hydrogen-bond donors (Lipinski definition) is 1. The third-order valence-electron chi connectivity index (χ3n) is 5.69. The van der Waals surface area contributed by atoms with Crippen LogP contribution < -0.4 is 10.1 Å². The van der Waals surface area contributed by atoms with Gasteiger partial charge in [0.1, 0.15) is 5.75 Å². The molecule has 2 heterocycles. The highest BCUT2D eigenvalue weighted by molar-refractivity contribution is 7.89. The summed E-state index contributed by atoms with van der Waals surface area (Å²) < 4.78 is 32.8. The topological polar surface area (TPSA) is 79.0 Å². The molecule has 0 aromatic heterocycles. The fraction of sp³-hybridized carbons (Fsp3) is 0.650. The van der Waals surface area contributed by atoms with Gasteiger partial charge in [-0.15, -0.1) is 0 Å². The second-order valence-electron chi connectivity index (χ2n) is 7.69. The van der Waals surface area contributed by atoms with Crippen molar-refractivity contribution < 1.29 is 17.9 Å². The van der Waals surface area contributed by atoms with E-state index in [-0.39, 0.29) is 10.8 Å². The van der Waals surface area contributed by atoms with Crippen molar-refractivity contribution >= 4 is 21.6 Å². The molecule has 0 bridgehead atoms. The maximum Gasteiger partial charge on any atom is 0.243 e. The quantitative estimate of drug-likeness (QED) is 0.781. The molecule has 0 spiro atoms. The fourth-order valence-electron chi connectivity index (χ4n) is 3.97. The predicted octanol–water partition coefficient (Wildman–Crippen LogP) is 2.68. The summed E-state index contributed by atoms with van der Waals surface area (Å²) in [5.74, 6) is 0.303. The predicted molar refractivity (Wildman–Crippen MR) is 109 cm³/mol. The zero-order chi connectivity index (χ0) is 20.1. The third-order valence-corrected chi connectivity index (χ3v) is 7.58. The van der Waals surface area contributed by atoms with Crippen LogP contribution in [0.2, 0.25) is 0 Å². The zero-order valence-electron chi connectivity index (χ0n) is 16.8. The van der Waals surface area contributed by atoms with E-state index in [1.165, 1.54) is 23.9 Å². The van der Waals surface area contributed by atoms with E-state index >= 15 is 0 Å². The zero-order valence-corrected chi connectivity index (χ0v) is 17.6. The Hall–Kier alpha value is -1.64. The minimum Gasteiger partial charge on any atom is -0.495 e. The first-order valence-corrected chi connectivity index (χ1v) is 11.6. The molecular weight excluding hydrogens is 378 g/mol. The summed E-state index contributed by atoms with van der Waals surface area (Å²) >= 11 is 0. The monoisotopic (exact) mass is 409 g/mol. The summed E-state index contributed by atoms with van der Waals surface area (Å²) in [6.45, 7) is 4.44. The molecule has 156 valence electrons. The van der Waals surface area contributed by atoms with E-state index in [9.17, 15) is 13.2 Å². The molecule has 2 saturated heterocycles. The summed E-state index contributed by atoms with van der Waals surface area (Å²) in [5.41, 5.74) is 0.398. The number of nitrogens with zero attached hydrogens (tertiary/aromatic N) is 2. The van der Waals surface area contributed by atoms with Gasteiger partial charge >= 0.3 is 0 Å². The van der Waals surface area contributed by atoms with Crippen molar-refractivity contribution in [2.24, 2.45) is 0 Å². The second kappa shape index (κ2) is 9.24. The lowest BCUT2D eigenvalue weighted by molar-refractivity contribution is -0.118. The van der Waals surface area contributed by atoms with Gasteiger partial charge in [0.25, 0.3) is 0 Å². The first kappa shape index (κ1) is 21.1. The number of nitrogens with one attached hydrogen (secondary N) is 1. The van der Waals surface area contributed by atoms with Crippen molar-refractivity contribution in [2.45, 2.75) is 56.4 Å². The summed E-state index contributed by atoms with van der Waals surface area (Å²) in [6.07, 6.45) is 6.22. The highest BCUT2D eigenvalue weighted by Gasteiger charge is 2.27. The number of ether oxygens (including phenoxy) is 1. The van der Waals surface area contributed by atoms with Crippen LogP contribution in [0.4, 0.5) is 5.69 Å². The van der Waals surface area contributed by atoms with Gasteiger partial charge in [0, 0.05) is 19.1 Å². The highest BCUT2D eigenvalue weighted by atomic mass is 32.2. The van der Waals surface area contributed by atoms with Crippen LogP contribution in [0.5, 0.6) is 5.75 Å². The van der Waals surface area contributed by atoms with Crippen LogP contribution >= 0.6 is 0 Å². The summed E-state index contributed by atoms with van der Waals surface area (Å²) in [7, 11) is -2.05. The molecule has 0 radical (unpaired) electrons. The number of hydrogen-bond acceptors (Lipinski definition) is 5. The van der Waals surface area contributed by atoms with Crippen molar-refractivity contribution in [3.8, 4) is 5.75 Å². The second-order valence-corrected chi connectivity index (χ2v) is 9.63. The van der Waals surface area contributed by atoms with Gasteiger partial charge in [-0.25, -0.2) is 8.42 Å². The van der Waals surface area contributed by atoms with Gasteiger partial charge in [-0.3, -0.25) is 9.69 Å². The number of piperidine rings is 2. The SMILES string of the molecule is COc1ccc(S(=O)(=O)N2CCCCC2)cc1NC(=O)CN1CCCCC1C. The number of carbonyl (C=O) groups is 1. The molecule has 1 N–H and O–H groups in total. The van der Waals surface area contributed by atoms with Gasteiger partial charge in [-0.2, -0.15) is 4.31 Å². The summed E-state index contributed by atoms with van der Waals surface area (Å²) in [5, 5.41) is 2.86. The molecule has 2 aliphatic rings. The van der Waals surface area contributed by atoms with Gasteiger partial charge < -0.3 is 10.1 Å². The van der Waals surface area contributed by atoms with Crippen LogP contribution in [0.3, 0.4) is 0 Å². The van der Waals surface area contributed by atoms with Crippen LogP contribution in [-0.4, -0.2) is 62.9 Å². The van der Waals surface area contributed by atoms with Crippen LogP contribution in [0.15, 0.2) is 23.1 Å². The van der Waals surface area contributed by atoms with Crippen LogP contribution in [0.1, 0.15) is 45.4 Å². The van der Waals surface area contributed by atoms with E-state index < -0.39 is 10.0 Å². The Balaban J connectivity index is 1.76. The van der Waals surface area contributed by atoms with E-state index in [4.69, 9.17) is 4.74 Å². The van der Waals surface area contributed by atoms with Crippen molar-refractivity contribution in [3.63, 3.8) is 0 Å². The van der Waals surface area contributed by atoms with E-state index in [0.717, 1.165) is 38.6 Å². The van der Waals surface area contributed by atoms with Crippen molar-refractivity contribution in [3.05, 3.63) is 18.2 Å². The number of rotatable bonds is 6. The lowest BCUT2D eigenvalue weighted by Crippen LogP contribution is -2.42. The molecule has 1 amide bonds. The maximum absolute atomic E-state index is 12.9. The summed E-state index contributed by atoms with van der Waals surface area (Å²) in [6, 6.07) is 5.05. The highest BCUT2D eigenvalue weighted by Crippen LogP contribution is 2.30. The third kappa shape index (κ3) is 4.85. The molecule has 1 unspecified atom stereocenters. The van der Waals surface area contributed by atoms with Crippen LogP contribution in [0.25, 0.3) is 0 Å². The molecule has 7 nitrogen and oxygen atoms in total. The van der Waals surface area contributed by atoms with Gasteiger partial charge in [0.2, 0.25) is 15.9 Å². The molecule has 1 aromatic rings. The number of benzene rings is 1. The smallest absolute Gasteiger partial charge is 0.243 e. The Bertz CT molecular complexity index is 791. The Morgan fingerprint density at radius 1 is 1.14 bits per heavy atom. The number of carbonyl (C=O) groups excluding carboxylic acids is 1. The Morgan fingerprint density at radius 3 is 2.54 bits per heavy atom. The van der Waals surface area contributed by atoms with Crippen LogP contribution in [0, 0.1) is 0 Å².